The number of fused-ring (bicyclic) bond motifs is 3. The van der Waals surface area contributed by atoms with Crippen LogP contribution in [0.2, 0.25) is 5.02 Å². The first-order chi connectivity index (χ1) is 20.4. The summed E-state index contributed by atoms with van der Waals surface area (Å²) >= 11 is 6.02. The molecule has 0 saturated carbocycles. The zero-order valence-electron chi connectivity index (χ0n) is 24.0. The van der Waals surface area contributed by atoms with Crippen molar-refractivity contribution in [1.82, 2.24) is 15.2 Å². The lowest BCUT2D eigenvalue weighted by Gasteiger charge is -2.36. The number of halogens is 1. The number of nitrogens with one attached hydrogen (secondary N) is 2. The fourth-order valence-electron chi connectivity index (χ4n) is 5.25. The second-order valence-corrected chi connectivity index (χ2v) is 10.9. The van der Waals surface area contributed by atoms with E-state index in [1.807, 2.05) is 35.2 Å². The van der Waals surface area contributed by atoms with Crippen LogP contribution in [0.3, 0.4) is 0 Å². The molecule has 0 radical (unpaired) electrons. The molecule has 0 unspecified atom stereocenters. The van der Waals surface area contributed by atoms with E-state index in [9.17, 15) is 9.59 Å². The summed E-state index contributed by atoms with van der Waals surface area (Å²) in [4.78, 5) is 35.4. The Balaban J connectivity index is 1.47. The smallest absolute Gasteiger partial charge is 0.253 e. The summed E-state index contributed by atoms with van der Waals surface area (Å²) in [6.45, 7) is 10.4. The highest BCUT2D eigenvalue weighted by Gasteiger charge is 2.34. The van der Waals surface area contributed by atoms with E-state index in [0.29, 0.717) is 59.7 Å². The van der Waals surface area contributed by atoms with Gasteiger partial charge in [-0.1, -0.05) is 74.5 Å². The molecule has 1 aromatic heterocycles. The Morgan fingerprint density at radius 2 is 1.83 bits per heavy atom. The maximum absolute atomic E-state index is 13.6. The molecule has 42 heavy (non-hydrogen) atoms. The first kappa shape index (κ1) is 29.2. The second-order valence-electron chi connectivity index (χ2n) is 10.4. The Labute approximate surface area is 252 Å². The molecule has 0 saturated heterocycles. The quantitative estimate of drug-likeness (QED) is 0.305. The van der Waals surface area contributed by atoms with Gasteiger partial charge in [0.05, 0.1) is 29.1 Å². The Morgan fingerprint density at radius 3 is 2.52 bits per heavy atom. The van der Waals surface area contributed by atoms with Crippen molar-refractivity contribution < 1.29 is 14.3 Å². The van der Waals surface area contributed by atoms with Gasteiger partial charge in [-0.05, 0) is 42.2 Å². The number of ether oxygens (including phenoxy) is 1. The maximum atomic E-state index is 13.6. The van der Waals surface area contributed by atoms with Gasteiger partial charge in [0, 0.05) is 30.4 Å². The summed E-state index contributed by atoms with van der Waals surface area (Å²) in [6, 6.07) is 17.3. The Hall–Kier alpha value is -4.30. The molecule has 2 aliphatic heterocycles. The third kappa shape index (κ3) is 6.29. The molecule has 0 aliphatic carbocycles. The van der Waals surface area contributed by atoms with E-state index in [-0.39, 0.29) is 24.4 Å². The van der Waals surface area contributed by atoms with Crippen molar-refractivity contribution in [1.29, 1.82) is 0 Å². The molecule has 0 bridgehead atoms. The molecule has 5 rings (SSSR count). The zero-order valence-corrected chi connectivity index (χ0v) is 24.8. The lowest BCUT2D eigenvalue weighted by Crippen LogP contribution is -2.43. The van der Waals surface area contributed by atoms with Gasteiger partial charge >= 0.3 is 0 Å². The van der Waals surface area contributed by atoms with Crippen LogP contribution in [-0.2, 0) is 16.1 Å². The number of hydrogen-bond donors (Lipinski definition) is 2. The second kappa shape index (κ2) is 13.1. The van der Waals surface area contributed by atoms with Gasteiger partial charge in [0.25, 0.3) is 5.91 Å². The average molecular weight is 586 g/mol. The van der Waals surface area contributed by atoms with Gasteiger partial charge in [-0.15, -0.1) is 0 Å². The molecule has 0 fully saturated rings. The number of carbonyl (C=O) groups is 2. The first-order valence-corrected chi connectivity index (χ1v) is 14.7. The fourth-order valence-corrected chi connectivity index (χ4v) is 5.37. The summed E-state index contributed by atoms with van der Waals surface area (Å²) in [5.74, 6) is 0.783. The van der Waals surface area contributed by atoms with E-state index in [4.69, 9.17) is 21.3 Å². The van der Waals surface area contributed by atoms with Crippen LogP contribution in [0.1, 0.15) is 49.4 Å². The molecule has 3 heterocycles. The monoisotopic (exact) mass is 585 g/mol. The van der Waals surface area contributed by atoms with E-state index >= 15 is 0 Å². The first-order valence-electron chi connectivity index (χ1n) is 14.4. The highest BCUT2D eigenvalue weighted by atomic mass is 35.5. The molecule has 2 aliphatic rings. The summed E-state index contributed by atoms with van der Waals surface area (Å²) in [6.07, 6.45) is 5.20. The standard InChI is InChI=1S/C33H36ClN5O3/c1-4-15-38(16-5-2)30(40)20-39-22(3)26(33(41)36-18-23-11-13-25(34)14-12-23)17-27-31-28(19-35-32(27)39)37-29(21-42-31)24-9-7-6-8-10-24/h6-14,17,19,29,37H,3-5,15-16,18,20-21H2,1-2H3,(H,36,41)/t29-/m0/s1. The van der Waals surface area contributed by atoms with Crippen LogP contribution in [0, 0.1) is 0 Å². The third-order valence-corrected chi connectivity index (χ3v) is 7.65. The largest absolute Gasteiger partial charge is 0.488 e. The van der Waals surface area contributed by atoms with Crippen LogP contribution >= 0.6 is 11.6 Å². The predicted molar refractivity (Wildman–Crippen MR) is 167 cm³/mol. The minimum atomic E-state index is -0.305. The number of carbonyl (C=O) groups excluding carboxylic acids is 2. The van der Waals surface area contributed by atoms with Gasteiger partial charge in [0.2, 0.25) is 5.91 Å². The summed E-state index contributed by atoms with van der Waals surface area (Å²) < 4.78 is 6.33. The zero-order chi connectivity index (χ0) is 29.6. The summed E-state index contributed by atoms with van der Waals surface area (Å²) in [7, 11) is 0. The van der Waals surface area contributed by atoms with Gasteiger partial charge in [-0.25, -0.2) is 4.98 Å². The Morgan fingerprint density at radius 1 is 1.12 bits per heavy atom. The molecule has 0 spiro atoms. The van der Waals surface area contributed by atoms with Crippen LogP contribution in [0.5, 0.6) is 5.75 Å². The molecule has 1 atom stereocenters. The third-order valence-electron chi connectivity index (χ3n) is 7.40. The van der Waals surface area contributed by atoms with Gasteiger partial charge in [-0.3, -0.25) is 9.59 Å². The average Bonchev–Trinajstić information content (AvgIpc) is 3.01. The molecule has 2 amide bonds. The topological polar surface area (TPSA) is 86.8 Å². The Bertz CT molecular complexity index is 1480. The lowest BCUT2D eigenvalue weighted by molar-refractivity contribution is -0.129. The number of anilines is 2. The van der Waals surface area contributed by atoms with Crippen molar-refractivity contribution in [2.24, 2.45) is 0 Å². The van der Waals surface area contributed by atoms with Crippen molar-refractivity contribution in [3.05, 3.63) is 100 Å². The molecule has 8 nitrogen and oxygen atoms in total. The number of aromatic nitrogens is 1. The fraction of sp³-hybridized carbons (Fsp3) is 0.303. The van der Waals surface area contributed by atoms with Crippen LogP contribution in [0.15, 0.2) is 78.6 Å². The molecule has 2 N–H and O–H groups in total. The predicted octanol–water partition coefficient (Wildman–Crippen LogP) is 5.96. The van der Waals surface area contributed by atoms with Gasteiger partial charge in [0.1, 0.15) is 19.0 Å². The molecule has 3 aromatic rings. The SMILES string of the molecule is C=C1C(C(=O)NCc2ccc(Cl)cc2)=Cc2c(ncc3c2OC[C@@H](c2ccccc2)N3)N1CC(=O)N(CCC)CCC. The summed E-state index contributed by atoms with van der Waals surface area (Å²) in [5.41, 5.74) is 4.15. The molecular formula is C33H36ClN5O3. The number of hydrogen-bond acceptors (Lipinski definition) is 6. The maximum Gasteiger partial charge on any atom is 0.253 e. The van der Waals surface area contributed by atoms with Crippen molar-refractivity contribution >= 4 is 41.0 Å². The van der Waals surface area contributed by atoms with E-state index in [1.165, 1.54) is 0 Å². The molecular weight excluding hydrogens is 550 g/mol. The van der Waals surface area contributed by atoms with Crippen molar-refractivity contribution in [3.63, 3.8) is 0 Å². The van der Waals surface area contributed by atoms with E-state index in [0.717, 1.165) is 29.7 Å². The van der Waals surface area contributed by atoms with Crippen LogP contribution in [0.4, 0.5) is 11.5 Å². The van der Waals surface area contributed by atoms with E-state index in [2.05, 4.69) is 43.2 Å². The molecule has 218 valence electrons. The van der Waals surface area contributed by atoms with Crippen LogP contribution < -0.4 is 20.3 Å². The van der Waals surface area contributed by atoms with Gasteiger partial charge in [0.15, 0.2) is 5.75 Å². The van der Waals surface area contributed by atoms with Gasteiger partial charge < -0.3 is 25.2 Å². The van der Waals surface area contributed by atoms with Gasteiger partial charge in [-0.2, -0.15) is 0 Å². The highest BCUT2D eigenvalue weighted by molar-refractivity contribution is 6.30. The van der Waals surface area contributed by atoms with E-state index in [1.54, 1.807) is 29.3 Å². The minimum absolute atomic E-state index is 0.0134. The van der Waals surface area contributed by atoms with Crippen molar-refractivity contribution in [3.8, 4) is 5.75 Å². The van der Waals surface area contributed by atoms with Crippen molar-refractivity contribution in [2.45, 2.75) is 39.3 Å². The molecule has 9 heteroatoms. The van der Waals surface area contributed by atoms with Crippen molar-refractivity contribution in [2.75, 3.05) is 36.5 Å². The van der Waals surface area contributed by atoms with Crippen LogP contribution in [-0.4, -0.2) is 47.9 Å². The van der Waals surface area contributed by atoms with Crippen LogP contribution in [0.25, 0.3) is 6.08 Å². The lowest BCUT2D eigenvalue weighted by atomic mass is 9.99. The van der Waals surface area contributed by atoms with E-state index < -0.39 is 0 Å². The number of rotatable bonds is 10. The molecule has 2 aromatic carbocycles. The number of nitrogens with zero attached hydrogens (tertiary/aromatic N) is 3. The normalized spacial score (nSPS) is 15.5. The number of benzene rings is 2. The minimum Gasteiger partial charge on any atom is -0.488 e. The summed E-state index contributed by atoms with van der Waals surface area (Å²) in [5, 5.41) is 7.15. The Kier molecular flexibility index (Phi) is 9.12. The number of amides is 2. The highest BCUT2D eigenvalue weighted by Crippen LogP contribution is 2.44. The number of pyridine rings is 1.